The first-order valence-electron chi connectivity index (χ1n) is 4.88. The lowest BCUT2D eigenvalue weighted by Gasteiger charge is -2.10. The predicted molar refractivity (Wildman–Crippen MR) is 61.6 cm³/mol. The Labute approximate surface area is 93.2 Å². The summed E-state index contributed by atoms with van der Waals surface area (Å²) in [6.07, 6.45) is 5.46. The number of nitrogens with zero attached hydrogens (tertiary/aromatic N) is 2. The van der Waals surface area contributed by atoms with Crippen molar-refractivity contribution < 1.29 is 0 Å². The smallest absolute Gasteiger partial charge is 0.109 e. The second kappa shape index (κ2) is 5.00. The predicted octanol–water partition coefficient (Wildman–Crippen LogP) is 2.39. The van der Waals surface area contributed by atoms with E-state index in [0.29, 0.717) is 6.04 Å². The third kappa shape index (κ3) is 2.84. The van der Waals surface area contributed by atoms with Gasteiger partial charge < -0.3 is 5.32 Å². The van der Waals surface area contributed by atoms with Crippen LogP contribution in [0.4, 0.5) is 0 Å². The van der Waals surface area contributed by atoms with Crippen molar-refractivity contribution in [1.82, 2.24) is 15.3 Å². The highest BCUT2D eigenvalue weighted by atomic mass is 32.1. The van der Waals surface area contributed by atoms with Crippen LogP contribution in [-0.4, -0.2) is 9.97 Å². The van der Waals surface area contributed by atoms with Gasteiger partial charge in [0.25, 0.3) is 0 Å². The molecule has 2 rings (SSSR count). The lowest BCUT2D eigenvalue weighted by atomic mass is 10.2. The highest BCUT2D eigenvalue weighted by Gasteiger charge is 2.06. The number of pyridine rings is 1. The summed E-state index contributed by atoms with van der Waals surface area (Å²) in [6, 6.07) is 4.33. The van der Waals surface area contributed by atoms with Crippen LogP contribution < -0.4 is 5.32 Å². The van der Waals surface area contributed by atoms with Gasteiger partial charge in [0.2, 0.25) is 0 Å². The molecule has 78 valence electrons. The molecule has 1 N–H and O–H groups in total. The van der Waals surface area contributed by atoms with Crippen LogP contribution in [0.2, 0.25) is 0 Å². The largest absolute Gasteiger partial charge is 0.304 e. The first kappa shape index (κ1) is 10.3. The molecule has 3 nitrogen and oxygen atoms in total. The lowest BCUT2D eigenvalue weighted by Crippen LogP contribution is -2.17. The zero-order valence-corrected chi connectivity index (χ0v) is 9.37. The van der Waals surface area contributed by atoms with Gasteiger partial charge in [-0.25, -0.2) is 4.98 Å². The zero-order chi connectivity index (χ0) is 10.5. The third-order valence-corrected chi connectivity index (χ3v) is 3.14. The summed E-state index contributed by atoms with van der Waals surface area (Å²) in [7, 11) is 0. The van der Waals surface area contributed by atoms with E-state index in [2.05, 4.69) is 22.2 Å². The molecule has 0 spiro atoms. The van der Waals surface area contributed by atoms with Crippen molar-refractivity contribution in [1.29, 1.82) is 0 Å². The van der Waals surface area contributed by atoms with Gasteiger partial charge in [0.15, 0.2) is 0 Å². The van der Waals surface area contributed by atoms with E-state index in [-0.39, 0.29) is 0 Å². The molecule has 0 saturated carbocycles. The van der Waals surface area contributed by atoms with Crippen molar-refractivity contribution in [3.63, 3.8) is 0 Å². The summed E-state index contributed by atoms with van der Waals surface area (Å²) in [6.45, 7) is 2.98. The fourth-order valence-electron chi connectivity index (χ4n) is 1.31. The molecular formula is C11H13N3S. The van der Waals surface area contributed by atoms with E-state index in [1.807, 2.05) is 36.1 Å². The number of rotatable bonds is 4. The summed E-state index contributed by atoms with van der Waals surface area (Å²) in [5.41, 5.74) is 1.24. The van der Waals surface area contributed by atoms with Crippen LogP contribution in [0.5, 0.6) is 0 Å². The Bertz CT molecular complexity index is 385. The highest BCUT2D eigenvalue weighted by molar-refractivity contribution is 7.09. The Kier molecular flexibility index (Phi) is 3.42. The summed E-state index contributed by atoms with van der Waals surface area (Å²) in [5, 5.41) is 6.55. The normalized spacial score (nSPS) is 12.6. The first-order chi connectivity index (χ1) is 7.36. The monoisotopic (exact) mass is 219 g/mol. The molecule has 2 aromatic rings. The molecule has 1 unspecified atom stereocenters. The Morgan fingerprint density at radius 2 is 2.13 bits per heavy atom. The van der Waals surface area contributed by atoms with Crippen molar-refractivity contribution in [3.8, 4) is 0 Å². The summed E-state index contributed by atoms with van der Waals surface area (Å²) >= 11 is 1.68. The van der Waals surface area contributed by atoms with Crippen molar-refractivity contribution in [2.24, 2.45) is 0 Å². The molecule has 0 amide bonds. The summed E-state index contributed by atoms with van der Waals surface area (Å²) in [4.78, 5) is 8.26. The molecule has 0 aliphatic heterocycles. The lowest BCUT2D eigenvalue weighted by molar-refractivity contribution is 0.571. The molecule has 4 heteroatoms. The number of thiazole rings is 1. The molecule has 0 aliphatic carbocycles. The summed E-state index contributed by atoms with van der Waals surface area (Å²) < 4.78 is 0. The fraction of sp³-hybridized carbons (Fsp3) is 0.273. The molecule has 0 radical (unpaired) electrons. The SMILES string of the molecule is CC(NCc1ccncc1)c1nccs1. The molecule has 0 bridgehead atoms. The van der Waals surface area contributed by atoms with Crippen LogP contribution in [0.25, 0.3) is 0 Å². The van der Waals surface area contributed by atoms with Crippen molar-refractivity contribution in [2.75, 3.05) is 0 Å². The van der Waals surface area contributed by atoms with Gasteiger partial charge in [-0.1, -0.05) is 0 Å². The van der Waals surface area contributed by atoms with Gasteiger partial charge in [-0.2, -0.15) is 0 Å². The Morgan fingerprint density at radius 3 is 2.80 bits per heavy atom. The van der Waals surface area contributed by atoms with Crippen LogP contribution in [0.15, 0.2) is 36.1 Å². The van der Waals surface area contributed by atoms with E-state index in [4.69, 9.17) is 0 Å². The zero-order valence-electron chi connectivity index (χ0n) is 8.55. The summed E-state index contributed by atoms with van der Waals surface area (Å²) in [5.74, 6) is 0. The maximum atomic E-state index is 4.27. The molecule has 0 fully saturated rings. The van der Waals surface area contributed by atoms with Gasteiger partial charge in [-0.05, 0) is 24.6 Å². The minimum atomic E-state index is 0.304. The van der Waals surface area contributed by atoms with Crippen LogP contribution in [0.3, 0.4) is 0 Å². The number of nitrogens with one attached hydrogen (secondary N) is 1. The number of aromatic nitrogens is 2. The Morgan fingerprint density at radius 1 is 1.33 bits per heavy atom. The average Bonchev–Trinajstić information content (AvgIpc) is 2.81. The second-order valence-corrected chi connectivity index (χ2v) is 4.25. The van der Waals surface area contributed by atoms with Crippen LogP contribution in [0, 0.1) is 0 Å². The standard InChI is InChI=1S/C11H13N3S/c1-9(11-13-6-7-15-11)14-8-10-2-4-12-5-3-10/h2-7,9,14H,8H2,1H3. The van der Waals surface area contributed by atoms with E-state index in [9.17, 15) is 0 Å². The van der Waals surface area contributed by atoms with Crippen molar-refractivity contribution in [2.45, 2.75) is 19.5 Å². The van der Waals surface area contributed by atoms with Gasteiger partial charge in [0.1, 0.15) is 5.01 Å². The van der Waals surface area contributed by atoms with Crippen LogP contribution >= 0.6 is 11.3 Å². The van der Waals surface area contributed by atoms with Gasteiger partial charge in [-0.15, -0.1) is 11.3 Å². The molecule has 0 aromatic carbocycles. The minimum Gasteiger partial charge on any atom is -0.304 e. The topological polar surface area (TPSA) is 37.8 Å². The van der Waals surface area contributed by atoms with E-state index in [1.165, 1.54) is 5.56 Å². The quantitative estimate of drug-likeness (QED) is 0.858. The maximum absolute atomic E-state index is 4.27. The van der Waals surface area contributed by atoms with Gasteiger partial charge in [0, 0.05) is 30.5 Å². The number of hydrogen-bond donors (Lipinski definition) is 1. The number of hydrogen-bond acceptors (Lipinski definition) is 4. The van der Waals surface area contributed by atoms with Crippen LogP contribution in [0.1, 0.15) is 23.5 Å². The van der Waals surface area contributed by atoms with Crippen molar-refractivity contribution >= 4 is 11.3 Å². The van der Waals surface area contributed by atoms with E-state index in [1.54, 1.807) is 11.3 Å². The molecule has 1 atom stereocenters. The molecular weight excluding hydrogens is 206 g/mol. The van der Waals surface area contributed by atoms with E-state index in [0.717, 1.165) is 11.6 Å². The minimum absolute atomic E-state index is 0.304. The highest BCUT2D eigenvalue weighted by Crippen LogP contribution is 2.15. The fourth-order valence-corrected chi connectivity index (χ4v) is 1.98. The Balaban J connectivity index is 1.89. The molecule has 15 heavy (non-hydrogen) atoms. The van der Waals surface area contributed by atoms with Gasteiger partial charge in [0.05, 0.1) is 6.04 Å². The third-order valence-electron chi connectivity index (χ3n) is 2.18. The van der Waals surface area contributed by atoms with E-state index < -0.39 is 0 Å². The molecule has 0 aliphatic rings. The van der Waals surface area contributed by atoms with Crippen molar-refractivity contribution in [3.05, 3.63) is 46.7 Å². The Hall–Kier alpha value is -1.26. The average molecular weight is 219 g/mol. The van der Waals surface area contributed by atoms with E-state index >= 15 is 0 Å². The molecule has 0 saturated heterocycles. The van der Waals surface area contributed by atoms with Gasteiger partial charge >= 0.3 is 0 Å². The van der Waals surface area contributed by atoms with Crippen LogP contribution in [-0.2, 0) is 6.54 Å². The molecule has 2 aromatic heterocycles. The first-order valence-corrected chi connectivity index (χ1v) is 5.76. The molecule has 2 heterocycles. The second-order valence-electron chi connectivity index (χ2n) is 3.33. The maximum Gasteiger partial charge on any atom is 0.109 e. The van der Waals surface area contributed by atoms with Gasteiger partial charge in [-0.3, -0.25) is 4.98 Å².